The number of benzene rings is 1. The molecule has 0 aromatic heterocycles. The van der Waals surface area contributed by atoms with Crippen molar-refractivity contribution >= 4 is 11.8 Å². The number of carbonyl (C=O) groups excluding carboxylic acids is 2. The SMILES string of the molecule is C[I-]c1ccc(CN2C(=O)C=CC2=O)cc1. The Morgan fingerprint density at radius 1 is 1.06 bits per heavy atom. The van der Waals surface area contributed by atoms with Crippen LogP contribution < -0.4 is 21.2 Å². The van der Waals surface area contributed by atoms with Gasteiger partial charge in [0.2, 0.25) is 0 Å². The second-order valence-corrected chi connectivity index (χ2v) is 5.74. The van der Waals surface area contributed by atoms with Crippen molar-refractivity contribution in [2.45, 2.75) is 6.54 Å². The van der Waals surface area contributed by atoms with E-state index >= 15 is 0 Å². The number of amides is 2. The number of hydrogen-bond donors (Lipinski definition) is 0. The number of rotatable bonds is 3. The van der Waals surface area contributed by atoms with Crippen LogP contribution in [0.2, 0.25) is 0 Å². The quantitative estimate of drug-likeness (QED) is 0.366. The third-order valence-electron chi connectivity index (χ3n) is 2.37. The molecule has 0 saturated heterocycles. The maximum absolute atomic E-state index is 11.3. The molecule has 0 atom stereocenters. The minimum absolute atomic E-state index is 0.102. The molecule has 0 N–H and O–H groups in total. The second-order valence-electron chi connectivity index (χ2n) is 3.41. The first-order valence-electron chi connectivity index (χ1n) is 4.82. The molecule has 0 aliphatic carbocycles. The van der Waals surface area contributed by atoms with E-state index in [4.69, 9.17) is 0 Å². The van der Waals surface area contributed by atoms with Gasteiger partial charge in [-0.2, -0.15) is 0 Å². The molecule has 4 heteroatoms. The fourth-order valence-corrected chi connectivity index (χ4v) is 2.56. The third kappa shape index (κ3) is 2.32. The first kappa shape index (κ1) is 11.3. The average molecular weight is 328 g/mol. The predicted octanol–water partition coefficient (Wildman–Crippen LogP) is -2.00. The second kappa shape index (κ2) is 4.78. The summed E-state index contributed by atoms with van der Waals surface area (Å²) in [6.45, 7) is 0.368. The van der Waals surface area contributed by atoms with Crippen LogP contribution in [0, 0.1) is 3.57 Å². The molecule has 16 heavy (non-hydrogen) atoms. The number of halogens is 1. The summed E-state index contributed by atoms with van der Waals surface area (Å²) in [6.07, 6.45) is 2.63. The molecule has 84 valence electrons. The van der Waals surface area contributed by atoms with Gasteiger partial charge in [-0.25, -0.2) is 0 Å². The summed E-state index contributed by atoms with van der Waals surface area (Å²) in [5, 5.41) is 0. The molecule has 0 bridgehead atoms. The number of carbonyl (C=O) groups is 2. The summed E-state index contributed by atoms with van der Waals surface area (Å²) in [4.78, 5) is 26.1. The predicted molar refractivity (Wildman–Crippen MR) is 55.8 cm³/mol. The summed E-state index contributed by atoms with van der Waals surface area (Å²) >= 11 is 0.102. The van der Waals surface area contributed by atoms with Gasteiger partial charge in [-0.15, -0.1) is 0 Å². The molecule has 0 spiro atoms. The van der Waals surface area contributed by atoms with Crippen molar-refractivity contribution in [3.63, 3.8) is 0 Å². The van der Waals surface area contributed by atoms with E-state index in [1.165, 1.54) is 20.6 Å². The van der Waals surface area contributed by atoms with E-state index in [0.717, 1.165) is 5.56 Å². The first-order chi connectivity index (χ1) is 7.70. The van der Waals surface area contributed by atoms with Crippen LogP contribution >= 0.6 is 0 Å². The molecule has 3 nitrogen and oxygen atoms in total. The van der Waals surface area contributed by atoms with Gasteiger partial charge in [0.25, 0.3) is 0 Å². The molecule has 0 unspecified atom stereocenters. The van der Waals surface area contributed by atoms with Crippen molar-refractivity contribution in [3.8, 4) is 0 Å². The zero-order valence-electron chi connectivity index (χ0n) is 8.81. The Morgan fingerprint density at radius 2 is 1.62 bits per heavy atom. The molecular weight excluding hydrogens is 317 g/mol. The van der Waals surface area contributed by atoms with Crippen molar-refractivity contribution in [3.05, 3.63) is 45.6 Å². The molecule has 1 aromatic rings. The van der Waals surface area contributed by atoms with Gasteiger partial charge in [0.05, 0.1) is 0 Å². The topological polar surface area (TPSA) is 37.4 Å². The van der Waals surface area contributed by atoms with Crippen molar-refractivity contribution in [1.29, 1.82) is 0 Å². The summed E-state index contributed by atoms with van der Waals surface area (Å²) in [6, 6.07) is 8.11. The summed E-state index contributed by atoms with van der Waals surface area (Å²) in [7, 11) is 0. The van der Waals surface area contributed by atoms with Gasteiger partial charge in [-0.05, 0) is 0 Å². The molecule has 1 aliphatic rings. The van der Waals surface area contributed by atoms with E-state index < -0.39 is 0 Å². The van der Waals surface area contributed by atoms with Crippen LogP contribution in [0.3, 0.4) is 0 Å². The maximum atomic E-state index is 11.3. The number of alkyl halides is 1. The van der Waals surface area contributed by atoms with Crippen LogP contribution in [0.5, 0.6) is 0 Å². The number of hydrogen-bond acceptors (Lipinski definition) is 2. The normalized spacial score (nSPS) is 15.2. The Balaban J connectivity index is 2.09. The van der Waals surface area contributed by atoms with E-state index in [0.29, 0.717) is 6.54 Å². The van der Waals surface area contributed by atoms with E-state index in [-0.39, 0.29) is 33.0 Å². The van der Waals surface area contributed by atoms with Crippen LogP contribution in [0.25, 0.3) is 0 Å². The summed E-state index contributed by atoms with van der Waals surface area (Å²) in [5.41, 5.74) is 0.992. The molecule has 2 rings (SSSR count). The van der Waals surface area contributed by atoms with Crippen molar-refractivity contribution in [1.82, 2.24) is 4.90 Å². The molecule has 1 heterocycles. The molecule has 2 amide bonds. The van der Waals surface area contributed by atoms with Crippen molar-refractivity contribution < 1.29 is 30.8 Å². The Hall–Kier alpha value is -1.17. The molecular formula is C12H11INO2-. The van der Waals surface area contributed by atoms with E-state index in [1.807, 2.05) is 12.1 Å². The van der Waals surface area contributed by atoms with E-state index in [2.05, 4.69) is 17.1 Å². The Morgan fingerprint density at radius 3 is 2.12 bits per heavy atom. The average Bonchev–Trinajstić information content (AvgIpc) is 2.62. The fraction of sp³-hybridized carbons (Fsp3) is 0.167. The van der Waals surface area contributed by atoms with Crippen molar-refractivity contribution in [2.75, 3.05) is 4.93 Å². The molecule has 0 radical (unpaired) electrons. The van der Waals surface area contributed by atoms with Gasteiger partial charge in [-0.1, -0.05) is 0 Å². The van der Waals surface area contributed by atoms with Gasteiger partial charge in [0.1, 0.15) is 0 Å². The van der Waals surface area contributed by atoms with Crippen LogP contribution in [-0.2, 0) is 16.1 Å². The zero-order chi connectivity index (χ0) is 11.5. The van der Waals surface area contributed by atoms with Crippen LogP contribution in [-0.4, -0.2) is 21.6 Å². The Labute approximate surface area is 104 Å². The monoisotopic (exact) mass is 328 g/mol. The molecule has 0 saturated carbocycles. The number of imide groups is 1. The van der Waals surface area contributed by atoms with Gasteiger partial charge in [0, 0.05) is 0 Å². The zero-order valence-corrected chi connectivity index (χ0v) is 11.0. The molecule has 1 aliphatic heterocycles. The number of nitrogens with zero attached hydrogens (tertiary/aromatic N) is 1. The summed E-state index contributed by atoms with van der Waals surface area (Å²) < 4.78 is 1.36. The molecule has 1 aromatic carbocycles. The first-order valence-corrected chi connectivity index (χ1v) is 8.06. The standard InChI is InChI=1S/C12H11INO2/c1-13-10-4-2-9(3-5-10)8-14-11(15)6-7-12(14)16/h2-7H,8H2,1H3/q-1. The summed E-state index contributed by atoms with van der Waals surface area (Å²) in [5.74, 6) is -0.450. The van der Waals surface area contributed by atoms with Crippen molar-refractivity contribution in [2.24, 2.45) is 0 Å². The Bertz CT molecular complexity index is 433. The minimum atomic E-state index is -0.225. The van der Waals surface area contributed by atoms with Gasteiger partial charge in [-0.3, -0.25) is 0 Å². The third-order valence-corrected chi connectivity index (χ3v) is 4.34. The fourth-order valence-electron chi connectivity index (χ4n) is 1.49. The van der Waals surface area contributed by atoms with Gasteiger partial charge >= 0.3 is 105 Å². The van der Waals surface area contributed by atoms with Crippen LogP contribution in [0.4, 0.5) is 0 Å². The Kier molecular flexibility index (Phi) is 3.38. The van der Waals surface area contributed by atoms with Crippen LogP contribution in [0.1, 0.15) is 5.56 Å². The van der Waals surface area contributed by atoms with Crippen LogP contribution in [0.15, 0.2) is 36.4 Å². The molecule has 0 fully saturated rings. The van der Waals surface area contributed by atoms with Gasteiger partial charge in [0.15, 0.2) is 0 Å². The van der Waals surface area contributed by atoms with E-state index in [1.54, 1.807) is 0 Å². The van der Waals surface area contributed by atoms with E-state index in [9.17, 15) is 9.59 Å². The van der Waals surface area contributed by atoms with Gasteiger partial charge < -0.3 is 0 Å².